The van der Waals surface area contributed by atoms with Crippen LogP contribution in [0.25, 0.3) is 22.1 Å². The number of carboxylic acids is 1. The summed E-state index contributed by atoms with van der Waals surface area (Å²) in [6.07, 6.45) is 0.476. The molecule has 0 unspecified atom stereocenters. The monoisotopic (exact) mass is 331 g/mol. The summed E-state index contributed by atoms with van der Waals surface area (Å²) in [5, 5.41) is 18.1. The van der Waals surface area contributed by atoms with Gasteiger partial charge in [0.05, 0.1) is 45.7 Å². The number of carbonyl (C=O) groups is 1. The highest BCUT2D eigenvalue weighted by Gasteiger charge is 2.13. The van der Waals surface area contributed by atoms with Crippen LogP contribution in [0.4, 0.5) is 0 Å². The van der Waals surface area contributed by atoms with Crippen LogP contribution in [0.15, 0.2) is 36.4 Å². The maximum Gasteiger partial charge on any atom is 0.335 e. The first-order valence-electron chi connectivity index (χ1n) is 7.62. The van der Waals surface area contributed by atoms with Crippen LogP contribution in [0.3, 0.4) is 0 Å². The molecule has 25 heavy (non-hydrogen) atoms. The third kappa shape index (κ3) is 2.50. The van der Waals surface area contributed by atoms with Crippen molar-refractivity contribution >= 4 is 28.0 Å². The summed E-state index contributed by atoms with van der Waals surface area (Å²) >= 11 is 0. The highest BCUT2D eigenvalue weighted by Crippen LogP contribution is 2.20. The van der Waals surface area contributed by atoms with Gasteiger partial charge in [-0.2, -0.15) is 5.26 Å². The van der Waals surface area contributed by atoms with Crippen LogP contribution in [-0.4, -0.2) is 30.6 Å². The molecule has 122 valence electrons. The molecule has 0 amide bonds. The van der Waals surface area contributed by atoms with E-state index in [0.717, 1.165) is 33.7 Å². The van der Waals surface area contributed by atoms with Gasteiger partial charge in [-0.3, -0.25) is 0 Å². The van der Waals surface area contributed by atoms with Crippen molar-refractivity contribution in [2.45, 2.75) is 6.42 Å². The van der Waals surface area contributed by atoms with Crippen LogP contribution < -0.4 is 0 Å². The van der Waals surface area contributed by atoms with Crippen LogP contribution in [-0.2, 0) is 13.5 Å². The quantitative estimate of drug-likeness (QED) is 0.600. The Bertz CT molecular complexity index is 1180. The minimum Gasteiger partial charge on any atom is -0.478 e. The molecule has 7 heteroatoms. The number of hydrogen-bond donors (Lipinski definition) is 2. The third-order valence-corrected chi connectivity index (χ3v) is 4.21. The SMILES string of the molecule is Cn1c(Cc2nc3ccc(C#N)cc3[nH]2)nc2ccc(C(=O)O)cc21. The lowest BCUT2D eigenvalue weighted by Crippen LogP contribution is -2.01. The number of hydrogen-bond acceptors (Lipinski definition) is 4. The number of rotatable bonds is 3. The lowest BCUT2D eigenvalue weighted by molar-refractivity contribution is 0.0697. The minimum atomic E-state index is -0.963. The fourth-order valence-electron chi connectivity index (χ4n) is 2.90. The van der Waals surface area contributed by atoms with Gasteiger partial charge in [0, 0.05) is 7.05 Å². The van der Waals surface area contributed by atoms with Gasteiger partial charge in [0.25, 0.3) is 0 Å². The number of H-pyrrole nitrogens is 1. The number of fused-ring (bicyclic) bond motifs is 2. The van der Waals surface area contributed by atoms with E-state index in [-0.39, 0.29) is 5.56 Å². The lowest BCUT2D eigenvalue weighted by atomic mass is 10.2. The number of nitriles is 1. The summed E-state index contributed by atoms with van der Waals surface area (Å²) in [7, 11) is 1.85. The van der Waals surface area contributed by atoms with Gasteiger partial charge in [0.1, 0.15) is 11.6 Å². The van der Waals surface area contributed by atoms with E-state index >= 15 is 0 Å². The molecular formula is C18H13N5O2. The smallest absolute Gasteiger partial charge is 0.335 e. The second-order valence-electron chi connectivity index (χ2n) is 5.80. The molecular weight excluding hydrogens is 318 g/mol. The lowest BCUT2D eigenvalue weighted by Gasteiger charge is -2.00. The van der Waals surface area contributed by atoms with E-state index in [1.807, 2.05) is 17.7 Å². The average molecular weight is 331 g/mol. The van der Waals surface area contributed by atoms with Crippen LogP contribution in [0.2, 0.25) is 0 Å². The summed E-state index contributed by atoms with van der Waals surface area (Å²) in [4.78, 5) is 23.4. The van der Waals surface area contributed by atoms with Gasteiger partial charge >= 0.3 is 5.97 Å². The van der Waals surface area contributed by atoms with Crippen molar-refractivity contribution < 1.29 is 9.90 Å². The van der Waals surface area contributed by atoms with Gasteiger partial charge in [-0.1, -0.05) is 0 Å². The van der Waals surface area contributed by atoms with Crippen LogP contribution in [0.1, 0.15) is 27.6 Å². The van der Waals surface area contributed by atoms with E-state index in [1.54, 1.807) is 30.3 Å². The molecule has 0 fully saturated rings. The molecule has 7 nitrogen and oxygen atoms in total. The topological polar surface area (TPSA) is 108 Å². The Morgan fingerprint density at radius 1 is 1.24 bits per heavy atom. The molecule has 0 aliphatic carbocycles. The molecule has 2 aromatic heterocycles. The van der Waals surface area contributed by atoms with E-state index in [2.05, 4.69) is 21.0 Å². The van der Waals surface area contributed by atoms with Crippen molar-refractivity contribution in [2.75, 3.05) is 0 Å². The molecule has 0 saturated carbocycles. The Morgan fingerprint density at radius 3 is 2.80 bits per heavy atom. The molecule has 0 saturated heterocycles. The second-order valence-corrected chi connectivity index (χ2v) is 5.80. The third-order valence-electron chi connectivity index (χ3n) is 4.21. The maximum atomic E-state index is 11.1. The Kier molecular flexibility index (Phi) is 3.25. The van der Waals surface area contributed by atoms with E-state index in [9.17, 15) is 4.79 Å². The fraction of sp³-hybridized carbons (Fsp3) is 0.111. The number of aromatic carboxylic acids is 1. The van der Waals surface area contributed by atoms with Crippen molar-refractivity contribution in [3.63, 3.8) is 0 Å². The van der Waals surface area contributed by atoms with Crippen molar-refractivity contribution in [2.24, 2.45) is 7.05 Å². The number of aryl methyl sites for hydroxylation is 1. The molecule has 2 heterocycles. The zero-order valence-electron chi connectivity index (χ0n) is 13.3. The molecule has 0 radical (unpaired) electrons. The van der Waals surface area contributed by atoms with E-state index < -0.39 is 5.97 Å². The van der Waals surface area contributed by atoms with Gasteiger partial charge in [-0.05, 0) is 36.4 Å². The standard InChI is InChI=1S/C18H13N5O2/c1-23-15-7-11(18(24)25)3-5-13(15)22-17(23)8-16-20-12-4-2-10(9-19)6-14(12)21-16/h2-7H,8H2,1H3,(H,20,21)(H,24,25). The number of aromatic nitrogens is 4. The highest BCUT2D eigenvalue weighted by molar-refractivity contribution is 5.92. The van der Waals surface area contributed by atoms with Crippen molar-refractivity contribution in [1.82, 2.24) is 19.5 Å². The Labute approximate surface area is 142 Å². The zero-order chi connectivity index (χ0) is 17.6. The number of benzene rings is 2. The first kappa shape index (κ1) is 14.9. The molecule has 4 rings (SSSR count). The molecule has 0 atom stereocenters. The van der Waals surface area contributed by atoms with Crippen LogP contribution in [0.5, 0.6) is 0 Å². The Morgan fingerprint density at radius 2 is 2.04 bits per heavy atom. The van der Waals surface area contributed by atoms with Crippen LogP contribution in [0, 0.1) is 11.3 Å². The largest absolute Gasteiger partial charge is 0.478 e. The normalized spacial score (nSPS) is 11.0. The predicted molar refractivity (Wildman–Crippen MR) is 91.3 cm³/mol. The number of imidazole rings is 2. The zero-order valence-corrected chi connectivity index (χ0v) is 13.3. The molecule has 0 spiro atoms. The van der Waals surface area contributed by atoms with Gasteiger partial charge in [-0.25, -0.2) is 14.8 Å². The molecule has 4 aromatic rings. The minimum absolute atomic E-state index is 0.231. The molecule has 2 N–H and O–H groups in total. The average Bonchev–Trinajstić information content (AvgIpc) is 3.14. The maximum absolute atomic E-state index is 11.1. The highest BCUT2D eigenvalue weighted by atomic mass is 16.4. The second kappa shape index (κ2) is 5.46. The summed E-state index contributed by atoms with van der Waals surface area (Å²) in [5.41, 5.74) is 3.91. The van der Waals surface area contributed by atoms with Gasteiger partial charge < -0.3 is 14.7 Å². The number of nitrogens with zero attached hydrogens (tertiary/aromatic N) is 4. The summed E-state index contributed by atoms with van der Waals surface area (Å²) in [6.45, 7) is 0. The van der Waals surface area contributed by atoms with E-state index in [4.69, 9.17) is 10.4 Å². The first-order chi connectivity index (χ1) is 12.0. The molecule has 0 bridgehead atoms. The number of carboxylic acid groups (broad SMARTS) is 1. The van der Waals surface area contributed by atoms with Gasteiger partial charge in [0.15, 0.2) is 0 Å². The van der Waals surface area contributed by atoms with Crippen molar-refractivity contribution in [3.8, 4) is 6.07 Å². The van der Waals surface area contributed by atoms with E-state index in [0.29, 0.717) is 12.0 Å². The summed E-state index contributed by atoms with van der Waals surface area (Å²) in [5.74, 6) is 0.550. The van der Waals surface area contributed by atoms with Gasteiger partial charge in [0.2, 0.25) is 0 Å². The Hall–Kier alpha value is -3.66. The molecule has 2 aromatic carbocycles. The van der Waals surface area contributed by atoms with Crippen molar-refractivity contribution in [3.05, 3.63) is 59.2 Å². The molecule has 0 aliphatic rings. The first-order valence-corrected chi connectivity index (χ1v) is 7.62. The number of nitrogens with one attached hydrogen (secondary N) is 1. The molecule has 0 aliphatic heterocycles. The summed E-state index contributed by atoms with van der Waals surface area (Å²) in [6, 6.07) is 12.3. The van der Waals surface area contributed by atoms with E-state index in [1.165, 1.54) is 0 Å². The number of aromatic amines is 1. The Balaban J connectivity index is 1.74. The summed E-state index contributed by atoms with van der Waals surface area (Å²) < 4.78 is 1.87. The fourth-order valence-corrected chi connectivity index (χ4v) is 2.90. The predicted octanol–water partition coefficient (Wildman–Crippen LogP) is 2.61. The van der Waals surface area contributed by atoms with Crippen LogP contribution >= 0.6 is 0 Å². The van der Waals surface area contributed by atoms with Crippen molar-refractivity contribution in [1.29, 1.82) is 5.26 Å². The van der Waals surface area contributed by atoms with Gasteiger partial charge in [-0.15, -0.1) is 0 Å².